The van der Waals surface area contributed by atoms with Crippen LogP contribution in [0.25, 0.3) is 0 Å². The average molecular weight is 632 g/mol. The van der Waals surface area contributed by atoms with Crippen molar-refractivity contribution in [3.63, 3.8) is 0 Å². The van der Waals surface area contributed by atoms with E-state index in [1.807, 2.05) is 20.8 Å². The minimum Gasteiger partial charge on any atom is -0.350 e. The van der Waals surface area contributed by atoms with Crippen molar-refractivity contribution in [3.8, 4) is 0 Å². The number of hydrogen-bond acceptors (Lipinski definition) is 6. The van der Waals surface area contributed by atoms with Gasteiger partial charge in [-0.1, -0.05) is 52.3 Å². The van der Waals surface area contributed by atoms with Crippen LogP contribution in [0.2, 0.25) is 0 Å². The molecule has 10 nitrogen and oxygen atoms in total. The molecule has 0 saturated carbocycles. The number of nitro groups is 1. The topological polar surface area (TPSA) is 130 Å². The van der Waals surface area contributed by atoms with Gasteiger partial charge in [-0.05, 0) is 63.6 Å². The number of non-ortho nitro benzene ring substituents is 1. The molecule has 12 heteroatoms. The van der Waals surface area contributed by atoms with Gasteiger partial charge in [0.05, 0.1) is 15.5 Å². The van der Waals surface area contributed by atoms with Crippen molar-refractivity contribution in [2.24, 2.45) is 0 Å². The molecule has 0 aliphatic heterocycles. The highest BCUT2D eigenvalue weighted by Gasteiger charge is 2.33. The SMILES string of the molecule is C[C@H](C(=O)NC(C)(C)C)N(Cc1ccc(Br)cc1)C(=O)CN(c1cccc([N+](=O)[O-])c1)S(=O)(=O)c1ccccc1. The molecule has 212 valence electrons. The molecule has 0 heterocycles. The van der Waals surface area contributed by atoms with Crippen molar-refractivity contribution in [2.75, 3.05) is 10.8 Å². The van der Waals surface area contributed by atoms with Gasteiger partial charge in [0.1, 0.15) is 12.6 Å². The standard InChI is InChI=1S/C28H31BrN4O6S/c1-20(27(35)30-28(2,3)4)31(18-21-13-15-22(29)16-14-21)26(34)19-32(23-9-8-10-24(17-23)33(36)37)40(38,39)25-11-6-5-7-12-25/h5-17,20H,18-19H2,1-4H3,(H,30,35)/t20-/m1/s1. The number of carbonyl (C=O) groups excluding carboxylic acids is 2. The number of amides is 2. The van der Waals surface area contributed by atoms with Gasteiger partial charge in [0.15, 0.2) is 0 Å². The van der Waals surface area contributed by atoms with E-state index in [1.54, 1.807) is 49.4 Å². The minimum atomic E-state index is -4.32. The Hall–Kier alpha value is -3.77. The highest BCUT2D eigenvalue weighted by Crippen LogP contribution is 2.27. The van der Waals surface area contributed by atoms with Gasteiger partial charge in [0.2, 0.25) is 11.8 Å². The Morgan fingerprint density at radius 1 is 1.00 bits per heavy atom. The van der Waals surface area contributed by atoms with Crippen molar-refractivity contribution in [2.45, 2.75) is 50.7 Å². The molecule has 40 heavy (non-hydrogen) atoms. The van der Waals surface area contributed by atoms with E-state index in [0.717, 1.165) is 20.4 Å². The Balaban J connectivity index is 2.06. The van der Waals surface area contributed by atoms with Gasteiger partial charge in [-0.25, -0.2) is 8.42 Å². The number of nitro benzene ring substituents is 1. The van der Waals surface area contributed by atoms with Gasteiger partial charge in [-0.15, -0.1) is 0 Å². The molecule has 0 radical (unpaired) electrons. The third-order valence-corrected chi connectivity index (χ3v) is 8.19. The number of benzene rings is 3. The average Bonchev–Trinajstić information content (AvgIpc) is 2.90. The van der Waals surface area contributed by atoms with E-state index in [1.165, 1.54) is 35.2 Å². The Morgan fingerprint density at radius 3 is 2.20 bits per heavy atom. The molecular formula is C28H31BrN4O6S. The van der Waals surface area contributed by atoms with Crippen molar-refractivity contribution in [1.82, 2.24) is 10.2 Å². The summed E-state index contributed by atoms with van der Waals surface area (Å²) in [6.07, 6.45) is 0. The molecule has 1 atom stereocenters. The van der Waals surface area contributed by atoms with E-state index in [-0.39, 0.29) is 22.8 Å². The van der Waals surface area contributed by atoms with Gasteiger partial charge in [-0.3, -0.25) is 24.0 Å². The second-order valence-electron chi connectivity index (χ2n) is 10.2. The summed E-state index contributed by atoms with van der Waals surface area (Å²) in [4.78, 5) is 39.0. The molecule has 1 N–H and O–H groups in total. The predicted molar refractivity (Wildman–Crippen MR) is 156 cm³/mol. The quantitative estimate of drug-likeness (QED) is 0.251. The molecule has 3 aromatic carbocycles. The van der Waals surface area contributed by atoms with Crippen LogP contribution in [0.4, 0.5) is 11.4 Å². The molecule has 0 aliphatic carbocycles. The van der Waals surface area contributed by atoms with Crippen LogP contribution in [0.3, 0.4) is 0 Å². The van der Waals surface area contributed by atoms with Gasteiger partial charge in [0, 0.05) is 28.7 Å². The summed E-state index contributed by atoms with van der Waals surface area (Å²) < 4.78 is 29.2. The van der Waals surface area contributed by atoms with E-state index < -0.39 is 44.9 Å². The van der Waals surface area contributed by atoms with E-state index in [9.17, 15) is 28.1 Å². The summed E-state index contributed by atoms with van der Waals surface area (Å²) in [5.74, 6) is -1.07. The largest absolute Gasteiger partial charge is 0.350 e. The molecule has 0 spiro atoms. The Labute approximate surface area is 242 Å². The summed E-state index contributed by atoms with van der Waals surface area (Å²) in [6, 6.07) is 18.8. The first-order chi connectivity index (χ1) is 18.7. The Kier molecular flexibility index (Phi) is 9.69. The lowest BCUT2D eigenvalue weighted by Gasteiger charge is -2.33. The number of carbonyl (C=O) groups is 2. The first-order valence-corrected chi connectivity index (χ1v) is 14.6. The van der Waals surface area contributed by atoms with Crippen molar-refractivity contribution >= 4 is 49.1 Å². The van der Waals surface area contributed by atoms with E-state index >= 15 is 0 Å². The van der Waals surface area contributed by atoms with Gasteiger partial charge >= 0.3 is 0 Å². The first-order valence-electron chi connectivity index (χ1n) is 12.4. The molecular weight excluding hydrogens is 600 g/mol. The summed E-state index contributed by atoms with van der Waals surface area (Å²) in [5.41, 5.74) is -0.229. The summed E-state index contributed by atoms with van der Waals surface area (Å²) >= 11 is 3.38. The Bertz CT molecular complexity index is 1470. The minimum absolute atomic E-state index is 0.0268. The predicted octanol–water partition coefficient (Wildman–Crippen LogP) is 4.88. The monoisotopic (exact) mass is 630 g/mol. The molecule has 0 aromatic heterocycles. The maximum absolute atomic E-state index is 13.9. The van der Waals surface area contributed by atoms with Crippen LogP contribution >= 0.6 is 15.9 Å². The number of halogens is 1. The maximum Gasteiger partial charge on any atom is 0.271 e. The lowest BCUT2D eigenvalue weighted by molar-refractivity contribution is -0.384. The second kappa shape index (κ2) is 12.6. The molecule has 2 amide bonds. The van der Waals surface area contributed by atoms with Crippen molar-refractivity contribution in [3.05, 3.63) is 99.0 Å². The van der Waals surface area contributed by atoms with Gasteiger partial charge in [-0.2, -0.15) is 0 Å². The number of nitrogens with zero attached hydrogens (tertiary/aromatic N) is 3. The smallest absolute Gasteiger partial charge is 0.271 e. The van der Waals surface area contributed by atoms with Crippen molar-refractivity contribution < 1.29 is 22.9 Å². The van der Waals surface area contributed by atoms with E-state index in [4.69, 9.17) is 0 Å². The number of sulfonamides is 1. The van der Waals surface area contributed by atoms with Crippen LogP contribution in [0.5, 0.6) is 0 Å². The van der Waals surface area contributed by atoms with Crippen LogP contribution in [0.15, 0.2) is 88.2 Å². The van der Waals surface area contributed by atoms with Crippen LogP contribution in [-0.2, 0) is 26.2 Å². The van der Waals surface area contributed by atoms with Crippen LogP contribution in [0, 0.1) is 10.1 Å². The molecule has 0 unspecified atom stereocenters. The third kappa shape index (κ3) is 7.89. The highest BCUT2D eigenvalue weighted by atomic mass is 79.9. The van der Waals surface area contributed by atoms with Gasteiger partial charge in [0.25, 0.3) is 15.7 Å². The fourth-order valence-electron chi connectivity index (χ4n) is 3.85. The van der Waals surface area contributed by atoms with Crippen LogP contribution in [-0.4, -0.2) is 48.2 Å². The van der Waals surface area contributed by atoms with E-state index in [2.05, 4.69) is 21.2 Å². The molecule has 0 fully saturated rings. The summed E-state index contributed by atoms with van der Waals surface area (Å²) in [7, 11) is -4.32. The highest BCUT2D eigenvalue weighted by molar-refractivity contribution is 9.10. The number of rotatable bonds is 10. The zero-order chi connectivity index (χ0) is 29.7. The third-order valence-electron chi connectivity index (χ3n) is 5.87. The van der Waals surface area contributed by atoms with E-state index in [0.29, 0.717) is 0 Å². The fourth-order valence-corrected chi connectivity index (χ4v) is 5.54. The van der Waals surface area contributed by atoms with Crippen molar-refractivity contribution in [1.29, 1.82) is 0 Å². The first kappa shape index (κ1) is 30.8. The number of anilines is 1. The molecule has 3 rings (SSSR count). The molecule has 3 aromatic rings. The second-order valence-corrected chi connectivity index (χ2v) is 12.9. The Morgan fingerprint density at radius 2 is 1.62 bits per heavy atom. The molecule has 0 aliphatic rings. The normalized spacial score (nSPS) is 12.3. The lowest BCUT2D eigenvalue weighted by atomic mass is 10.1. The zero-order valence-electron chi connectivity index (χ0n) is 22.6. The fraction of sp³-hybridized carbons (Fsp3) is 0.286. The number of hydrogen-bond donors (Lipinski definition) is 1. The molecule has 0 saturated heterocycles. The van der Waals surface area contributed by atoms with Crippen LogP contribution in [0.1, 0.15) is 33.3 Å². The molecule has 0 bridgehead atoms. The number of nitrogens with one attached hydrogen (secondary N) is 1. The maximum atomic E-state index is 13.9. The van der Waals surface area contributed by atoms with Crippen LogP contribution < -0.4 is 9.62 Å². The zero-order valence-corrected chi connectivity index (χ0v) is 25.0. The van der Waals surface area contributed by atoms with Gasteiger partial charge < -0.3 is 10.2 Å². The summed E-state index contributed by atoms with van der Waals surface area (Å²) in [5, 5.41) is 14.3. The summed E-state index contributed by atoms with van der Waals surface area (Å²) in [6.45, 7) is 6.35. The lowest BCUT2D eigenvalue weighted by Crippen LogP contribution is -2.54.